The van der Waals surface area contributed by atoms with E-state index < -0.39 is 0 Å². The Hall–Kier alpha value is -0.830. The fourth-order valence-corrected chi connectivity index (χ4v) is 5.68. The van der Waals surface area contributed by atoms with Crippen LogP contribution >= 0.6 is 0 Å². The Morgan fingerprint density at radius 3 is 2.40 bits per heavy atom. The average molecular weight is 273 g/mol. The standard InChI is InChI=1S/C17H27N3/c1-2-3-14(18)16-19-10-15(20-16)17-7-11-4-12(8-17)6-13(5-11)9-17/h10-14H,2-9,18H2,1H3,(H,19,20). The number of H-pyrrole nitrogens is 1. The molecule has 3 nitrogen and oxygen atoms in total. The Labute approximate surface area is 121 Å². The van der Waals surface area contributed by atoms with Gasteiger partial charge in [-0.25, -0.2) is 4.98 Å². The highest BCUT2D eigenvalue weighted by molar-refractivity contribution is 5.22. The third-order valence-corrected chi connectivity index (χ3v) is 6.16. The normalized spacial score (nSPS) is 40.2. The molecule has 1 aromatic rings. The van der Waals surface area contributed by atoms with Crippen LogP contribution in [0.25, 0.3) is 0 Å². The second-order valence-corrected chi connectivity index (χ2v) is 7.78. The highest BCUT2D eigenvalue weighted by Gasteiger charge is 2.52. The number of nitrogens with one attached hydrogen (secondary N) is 1. The minimum atomic E-state index is 0.0858. The zero-order chi connectivity index (χ0) is 13.7. The molecule has 4 aliphatic carbocycles. The lowest BCUT2D eigenvalue weighted by Crippen LogP contribution is -2.48. The van der Waals surface area contributed by atoms with Crippen LogP contribution in [0.3, 0.4) is 0 Å². The van der Waals surface area contributed by atoms with Crippen LogP contribution in [0.2, 0.25) is 0 Å². The van der Waals surface area contributed by atoms with Gasteiger partial charge in [-0.1, -0.05) is 13.3 Å². The van der Waals surface area contributed by atoms with Crippen LogP contribution in [0.4, 0.5) is 0 Å². The predicted molar refractivity (Wildman–Crippen MR) is 80.3 cm³/mol. The molecular formula is C17H27N3. The van der Waals surface area contributed by atoms with Crippen molar-refractivity contribution in [2.45, 2.75) is 69.7 Å². The number of hydrogen-bond donors (Lipinski definition) is 2. The van der Waals surface area contributed by atoms with E-state index in [9.17, 15) is 0 Å². The average Bonchev–Trinajstić information content (AvgIpc) is 2.87. The molecule has 4 aliphatic rings. The van der Waals surface area contributed by atoms with E-state index in [-0.39, 0.29) is 6.04 Å². The molecule has 0 spiro atoms. The van der Waals surface area contributed by atoms with Crippen molar-refractivity contribution in [3.8, 4) is 0 Å². The molecule has 1 aromatic heterocycles. The van der Waals surface area contributed by atoms with Crippen LogP contribution in [-0.2, 0) is 5.41 Å². The van der Waals surface area contributed by atoms with Crippen molar-refractivity contribution >= 4 is 0 Å². The Morgan fingerprint density at radius 1 is 1.25 bits per heavy atom. The lowest BCUT2D eigenvalue weighted by atomic mass is 9.49. The molecule has 3 N–H and O–H groups in total. The molecule has 0 aromatic carbocycles. The van der Waals surface area contributed by atoms with Gasteiger partial charge in [-0.05, 0) is 62.7 Å². The van der Waals surface area contributed by atoms with Gasteiger partial charge in [-0.2, -0.15) is 0 Å². The van der Waals surface area contributed by atoms with Crippen molar-refractivity contribution in [2.24, 2.45) is 23.5 Å². The smallest absolute Gasteiger partial charge is 0.123 e. The lowest BCUT2D eigenvalue weighted by Gasteiger charge is -2.56. The largest absolute Gasteiger partial charge is 0.344 e. The minimum Gasteiger partial charge on any atom is -0.344 e. The third-order valence-electron chi connectivity index (χ3n) is 6.16. The van der Waals surface area contributed by atoms with Crippen LogP contribution in [-0.4, -0.2) is 9.97 Å². The molecule has 4 bridgehead atoms. The fourth-order valence-electron chi connectivity index (χ4n) is 5.68. The number of imidazole rings is 1. The van der Waals surface area contributed by atoms with Crippen molar-refractivity contribution in [2.75, 3.05) is 0 Å². The Morgan fingerprint density at radius 2 is 1.85 bits per heavy atom. The molecule has 5 rings (SSSR count). The highest BCUT2D eigenvalue weighted by Crippen LogP contribution is 2.60. The number of nitrogens with two attached hydrogens (primary N) is 1. The van der Waals surface area contributed by atoms with Crippen LogP contribution < -0.4 is 5.73 Å². The Balaban J connectivity index is 1.61. The molecule has 3 heteroatoms. The number of aromatic amines is 1. The summed E-state index contributed by atoms with van der Waals surface area (Å²) >= 11 is 0. The van der Waals surface area contributed by atoms with E-state index in [0.717, 1.165) is 36.4 Å². The van der Waals surface area contributed by atoms with Crippen molar-refractivity contribution in [1.29, 1.82) is 0 Å². The molecule has 1 heterocycles. The maximum absolute atomic E-state index is 6.22. The van der Waals surface area contributed by atoms with Crippen LogP contribution in [0.1, 0.15) is 75.9 Å². The van der Waals surface area contributed by atoms with Crippen molar-refractivity contribution in [1.82, 2.24) is 9.97 Å². The van der Waals surface area contributed by atoms with E-state index in [1.165, 1.54) is 44.2 Å². The zero-order valence-electron chi connectivity index (χ0n) is 12.6. The summed E-state index contributed by atoms with van der Waals surface area (Å²) < 4.78 is 0. The summed E-state index contributed by atoms with van der Waals surface area (Å²) in [5, 5.41) is 0. The van der Waals surface area contributed by atoms with Crippen molar-refractivity contribution in [3.05, 3.63) is 17.7 Å². The highest BCUT2D eigenvalue weighted by atomic mass is 15.0. The van der Waals surface area contributed by atoms with E-state index >= 15 is 0 Å². The van der Waals surface area contributed by atoms with Gasteiger partial charge in [0.05, 0.1) is 6.04 Å². The van der Waals surface area contributed by atoms with Gasteiger partial charge in [0.15, 0.2) is 0 Å². The second kappa shape index (κ2) is 4.59. The van der Waals surface area contributed by atoms with Gasteiger partial charge < -0.3 is 10.7 Å². The van der Waals surface area contributed by atoms with Gasteiger partial charge in [0.1, 0.15) is 5.82 Å². The summed E-state index contributed by atoms with van der Waals surface area (Å²) in [5.74, 6) is 3.96. The van der Waals surface area contributed by atoms with Gasteiger partial charge in [-0.15, -0.1) is 0 Å². The maximum Gasteiger partial charge on any atom is 0.123 e. The minimum absolute atomic E-state index is 0.0858. The first-order valence-corrected chi connectivity index (χ1v) is 8.49. The molecule has 110 valence electrons. The molecule has 0 saturated heterocycles. The lowest BCUT2D eigenvalue weighted by molar-refractivity contribution is -0.00707. The van der Waals surface area contributed by atoms with Gasteiger partial charge in [-0.3, -0.25) is 0 Å². The Kier molecular flexibility index (Phi) is 2.95. The number of aromatic nitrogens is 2. The Bertz CT molecular complexity index is 455. The molecular weight excluding hydrogens is 246 g/mol. The monoisotopic (exact) mass is 273 g/mol. The van der Waals surface area contributed by atoms with E-state index in [4.69, 9.17) is 5.73 Å². The summed E-state index contributed by atoms with van der Waals surface area (Å²) in [4.78, 5) is 8.23. The number of nitrogens with zero attached hydrogens (tertiary/aromatic N) is 1. The predicted octanol–water partition coefficient (Wildman–Crippen LogP) is 3.68. The van der Waals surface area contributed by atoms with E-state index in [1.54, 1.807) is 0 Å². The van der Waals surface area contributed by atoms with Crippen LogP contribution in [0.15, 0.2) is 6.20 Å². The molecule has 4 fully saturated rings. The topological polar surface area (TPSA) is 54.7 Å². The quantitative estimate of drug-likeness (QED) is 0.879. The first kappa shape index (κ1) is 12.9. The van der Waals surface area contributed by atoms with Gasteiger partial charge >= 0.3 is 0 Å². The van der Waals surface area contributed by atoms with Gasteiger partial charge in [0.2, 0.25) is 0 Å². The maximum atomic E-state index is 6.22. The summed E-state index contributed by atoms with van der Waals surface area (Å²) in [7, 11) is 0. The summed E-state index contributed by atoms with van der Waals surface area (Å²) in [6.07, 6.45) is 12.9. The second-order valence-electron chi connectivity index (χ2n) is 7.78. The molecule has 0 aliphatic heterocycles. The SMILES string of the molecule is CCCC(N)c1ncc(C23CC4CC(CC(C4)C2)C3)[nH]1. The molecule has 1 atom stereocenters. The molecule has 4 saturated carbocycles. The summed E-state index contributed by atoms with van der Waals surface area (Å²) in [6.45, 7) is 2.18. The van der Waals surface area contributed by atoms with Gasteiger partial charge in [0.25, 0.3) is 0 Å². The van der Waals surface area contributed by atoms with Gasteiger partial charge in [0, 0.05) is 17.3 Å². The van der Waals surface area contributed by atoms with E-state index in [1.807, 2.05) is 0 Å². The van der Waals surface area contributed by atoms with Crippen molar-refractivity contribution < 1.29 is 0 Å². The summed E-state index contributed by atoms with van der Waals surface area (Å²) in [5.41, 5.74) is 8.04. The molecule has 20 heavy (non-hydrogen) atoms. The summed E-state index contributed by atoms with van der Waals surface area (Å²) in [6, 6.07) is 0.0858. The first-order chi connectivity index (χ1) is 9.68. The zero-order valence-corrected chi connectivity index (χ0v) is 12.6. The number of rotatable bonds is 4. The molecule has 0 radical (unpaired) electrons. The van der Waals surface area contributed by atoms with E-state index in [2.05, 4.69) is 23.1 Å². The van der Waals surface area contributed by atoms with Crippen LogP contribution in [0.5, 0.6) is 0 Å². The molecule has 1 unspecified atom stereocenters. The van der Waals surface area contributed by atoms with Crippen molar-refractivity contribution in [3.63, 3.8) is 0 Å². The fraction of sp³-hybridized carbons (Fsp3) is 0.824. The molecule has 0 amide bonds. The van der Waals surface area contributed by atoms with Crippen LogP contribution in [0, 0.1) is 17.8 Å². The first-order valence-electron chi connectivity index (χ1n) is 8.49. The number of hydrogen-bond acceptors (Lipinski definition) is 2. The third kappa shape index (κ3) is 1.93. The van der Waals surface area contributed by atoms with E-state index in [0.29, 0.717) is 5.41 Å².